The molecule has 1 aromatic carbocycles. The van der Waals surface area contributed by atoms with Gasteiger partial charge in [0, 0.05) is 17.2 Å². The van der Waals surface area contributed by atoms with E-state index in [0.717, 1.165) is 5.02 Å². The molecule has 0 aliphatic carbocycles. The lowest BCUT2D eigenvalue weighted by Crippen LogP contribution is -2.19. The third kappa shape index (κ3) is 3.87. The normalized spacial score (nSPS) is 13.2. The molecule has 0 saturated heterocycles. The number of hydrogen-bond donors (Lipinski definition) is 1. The second-order valence-corrected chi connectivity index (χ2v) is 2.92. The minimum atomic E-state index is -0.329. The van der Waals surface area contributed by atoms with Crippen LogP contribution in [-0.2, 0) is 9.59 Å². The topological polar surface area (TPSA) is 46.2 Å². The van der Waals surface area contributed by atoms with E-state index >= 15 is 0 Å². The van der Waals surface area contributed by atoms with Crippen LogP contribution in [0.5, 0.6) is 0 Å². The number of carbonyl (C=O) groups excluding carboxylic acids is 2. The molecular formula is C10H8ClNO2. The van der Waals surface area contributed by atoms with E-state index in [1.807, 2.05) is 35.6 Å². The van der Waals surface area contributed by atoms with Crippen molar-refractivity contribution in [1.82, 2.24) is 5.32 Å². The SMILES string of the molecule is Clc1ccccc1.O=C1C=CC(=O)N1. The predicted octanol–water partition coefficient (Wildman–Crippen LogP) is 1.54. The zero-order valence-corrected chi connectivity index (χ0v) is 7.99. The van der Waals surface area contributed by atoms with Crippen LogP contribution >= 0.6 is 11.6 Å². The third-order valence-electron chi connectivity index (χ3n) is 1.37. The van der Waals surface area contributed by atoms with Crippen LogP contribution in [0.25, 0.3) is 0 Å². The summed E-state index contributed by atoms with van der Waals surface area (Å²) in [6.45, 7) is 0. The molecule has 1 aromatic rings. The van der Waals surface area contributed by atoms with E-state index in [1.54, 1.807) is 0 Å². The van der Waals surface area contributed by atoms with Crippen molar-refractivity contribution in [3.63, 3.8) is 0 Å². The fourth-order valence-corrected chi connectivity index (χ4v) is 0.916. The van der Waals surface area contributed by atoms with Crippen molar-refractivity contribution >= 4 is 23.4 Å². The fourth-order valence-electron chi connectivity index (χ4n) is 0.771. The van der Waals surface area contributed by atoms with Crippen LogP contribution in [0.4, 0.5) is 0 Å². The molecule has 0 fully saturated rings. The van der Waals surface area contributed by atoms with Crippen LogP contribution in [0.3, 0.4) is 0 Å². The zero-order valence-electron chi connectivity index (χ0n) is 7.24. The molecule has 1 aliphatic heterocycles. The zero-order chi connectivity index (χ0) is 10.4. The van der Waals surface area contributed by atoms with E-state index < -0.39 is 0 Å². The Morgan fingerprint density at radius 1 is 0.929 bits per heavy atom. The first-order valence-electron chi connectivity index (χ1n) is 3.92. The predicted molar refractivity (Wildman–Crippen MR) is 53.7 cm³/mol. The Kier molecular flexibility index (Phi) is 3.88. The van der Waals surface area contributed by atoms with Crippen molar-refractivity contribution in [2.24, 2.45) is 0 Å². The van der Waals surface area contributed by atoms with Crippen molar-refractivity contribution in [3.05, 3.63) is 47.5 Å². The molecule has 0 spiro atoms. The summed E-state index contributed by atoms with van der Waals surface area (Å²) in [7, 11) is 0. The molecule has 0 atom stereocenters. The maximum Gasteiger partial charge on any atom is 0.250 e. The molecule has 14 heavy (non-hydrogen) atoms. The Bertz CT molecular complexity index is 344. The van der Waals surface area contributed by atoms with Gasteiger partial charge in [0.25, 0.3) is 11.8 Å². The van der Waals surface area contributed by atoms with Gasteiger partial charge in [-0.3, -0.25) is 14.9 Å². The van der Waals surface area contributed by atoms with Gasteiger partial charge in [0.15, 0.2) is 0 Å². The highest BCUT2D eigenvalue weighted by Gasteiger charge is 2.06. The van der Waals surface area contributed by atoms with Crippen LogP contribution in [0.15, 0.2) is 42.5 Å². The van der Waals surface area contributed by atoms with E-state index in [0.29, 0.717) is 0 Å². The Balaban J connectivity index is 0.000000140. The molecule has 0 bridgehead atoms. The minimum absolute atomic E-state index is 0.329. The Hall–Kier alpha value is -1.61. The van der Waals surface area contributed by atoms with Gasteiger partial charge < -0.3 is 0 Å². The maximum atomic E-state index is 10.0. The first-order valence-corrected chi connectivity index (χ1v) is 4.30. The van der Waals surface area contributed by atoms with E-state index in [1.165, 1.54) is 12.2 Å². The molecule has 0 saturated carbocycles. The van der Waals surface area contributed by atoms with E-state index in [9.17, 15) is 9.59 Å². The summed E-state index contributed by atoms with van der Waals surface area (Å²) in [5, 5.41) is 2.82. The van der Waals surface area contributed by atoms with Gasteiger partial charge in [-0.1, -0.05) is 29.8 Å². The molecule has 2 rings (SSSR count). The van der Waals surface area contributed by atoms with E-state index in [4.69, 9.17) is 11.6 Å². The molecular weight excluding hydrogens is 202 g/mol. The highest BCUT2D eigenvalue weighted by atomic mass is 35.5. The standard InChI is InChI=1S/C6H5Cl.C4H3NO2/c7-6-4-2-1-3-5-6;6-3-1-2-4(7)5-3/h1-5H;1-2H,(H,5,6,7). The van der Waals surface area contributed by atoms with E-state index in [2.05, 4.69) is 0 Å². The third-order valence-corrected chi connectivity index (χ3v) is 1.62. The smallest absolute Gasteiger partial charge is 0.250 e. The van der Waals surface area contributed by atoms with Crippen LogP contribution in [0, 0.1) is 0 Å². The summed E-state index contributed by atoms with van der Waals surface area (Å²) in [6.07, 6.45) is 2.39. The van der Waals surface area contributed by atoms with Crippen molar-refractivity contribution in [2.45, 2.75) is 0 Å². The maximum absolute atomic E-state index is 10.0. The largest absolute Gasteiger partial charge is 0.289 e. The van der Waals surface area contributed by atoms with Gasteiger partial charge in [0.2, 0.25) is 0 Å². The van der Waals surface area contributed by atoms with Gasteiger partial charge >= 0.3 is 0 Å². The van der Waals surface area contributed by atoms with Crippen LogP contribution in [0.1, 0.15) is 0 Å². The fraction of sp³-hybridized carbons (Fsp3) is 0. The molecule has 1 aliphatic rings. The van der Waals surface area contributed by atoms with Crippen molar-refractivity contribution in [2.75, 3.05) is 0 Å². The minimum Gasteiger partial charge on any atom is -0.289 e. The summed E-state index contributed by atoms with van der Waals surface area (Å²) < 4.78 is 0. The Morgan fingerprint density at radius 2 is 1.43 bits per heavy atom. The van der Waals surface area contributed by atoms with Gasteiger partial charge in [-0.15, -0.1) is 0 Å². The highest BCUT2D eigenvalue weighted by molar-refractivity contribution is 6.30. The molecule has 72 valence electrons. The van der Waals surface area contributed by atoms with Crippen molar-refractivity contribution < 1.29 is 9.59 Å². The average molecular weight is 210 g/mol. The summed E-state index contributed by atoms with van der Waals surface area (Å²) in [5.74, 6) is -0.657. The van der Waals surface area contributed by atoms with Gasteiger partial charge in [-0.2, -0.15) is 0 Å². The first kappa shape index (κ1) is 10.5. The van der Waals surface area contributed by atoms with Gasteiger partial charge in [0.1, 0.15) is 0 Å². The molecule has 0 radical (unpaired) electrons. The van der Waals surface area contributed by atoms with Gasteiger partial charge in [-0.25, -0.2) is 0 Å². The molecule has 2 amide bonds. The summed E-state index contributed by atoms with van der Waals surface area (Å²) >= 11 is 5.54. The number of imide groups is 1. The first-order chi connectivity index (χ1) is 6.68. The highest BCUT2D eigenvalue weighted by Crippen LogP contribution is 2.03. The second-order valence-electron chi connectivity index (χ2n) is 2.48. The van der Waals surface area contributed by atoms with Crippen molar-refractivity contribution in [1.29, 1.82) is 0 Å². The molecule has 4 heteroatoms. The average Bonchev–Trinajstić information content (AvgIpc) is 2.52. The molecule has 1 heterocycles. The second kappa shape index (κ2) is 5.19. The van der Waals surface area contributed by atoms with Gasteiger partial charge in [0.05, 0.1) is 0 Å². The molecule has 0 aromatic heterocycles. The monoisotopic (exact) mass is 209 g/mol. The number of amides is 2. The van der Waals surface area contributed by atoms with Crippen LogP contribution < -0.4 is 5.32 Å². The lowest BCUT2D eigenvalue weighted by atomic mass is 10.4. The summed E-state index contributed by atoms with van der Waals surface area (Å²) in [6, 6.07) is 9.44. The number of nitrogens with one attached hydrogen (secondary N) is 1. The number of benzene rings is 1. The summed E-state index contributed by atoms with van der Waals surface area (Å²) in [5.41, 5.74) is 0. The number of hydrogen-bond acceptors (Lipinski definition) is 2. The molecule has 0 unspecified atom stereocenters. The van der Waals surface area contributed by atoms with Crippen LogP contribution in [0.2, 0.25) is 5.02 Å². The Morgan fingerprint density at radius 3 is 1.64 bits per heavy atom. The molecule has 3 nitrogen and oxygen atoms in total. The van der Waals surface area contributed by atoms with Gasteiger partial charge in [-0.05, 0) is 12.1 Å². The number of rotatable bonds is 0. The summed E-state index contributed by atoms with van der Waals surface area (Å²) in [4.78, 5) is 20.1. The lowest BCUT2D eigenvalue weighted by molar-refractivity contribution is -0.123. The van der Waals surface area contributed by atoms with E-state index in [-0.39, 0.29) is 11.8 Å². The number of carbonyl (C=O) groups is 2. The quantitative estimate of drug-likeness (QED) is 0.659. The Labute approximate surface area is 86.4 Å². The lowest BCUT2D eigenvalue weighted by Gasteiger charge is -1.80. The van der Waals surface area contributed by atoms with Crippen LogP contribution in [-0.4, -0.2) is 11.8 Å². The van der Waals surface area contributed by atoms with Crippen molar-refractivity contribution in [3.8, 4) is 0 Å². The molecule has 1 N–H and O–H groups in total. The number of halogens is 1.